The molecule has 2 fully saturated rings. The highest BCUT2D eigenvalue weighted by molar-refractivity contribution is 5.71. The molecule has 2 aliphatic rings. The largest absolute Gasteiger partial charge is 0.313 e. The van der Waals surface area contributed by atoms with Crippen molar-refractivity contribution in [2.24, 2.45) is 0 Å². The minimum Gasteiger partial charge on any atom is -0.313 e. The van der Waals surface area contributed by atoms with Crippen LogP contribution in [0.25, 0.3) is 11.1 Å². The Kier molecular flexibility index (Phi) is 10.8. The number of hydrogen-bond acceptors (Lipinski definition) is 3. The summed E-state index contributed by atoms with van der Waals surface area (Å²) in [6.45, 7) is 9.48. The van der Waals surface area contributed by atoms with Crippen LogP contribution in [-0.2, 0) is 6.42 Å². The third-order valence-corrected chi connectivity index (χ3v) is 7.01. The summed E-state index contributed by atoms with van der Waals surface area (Å²) in [4.78, 5) is 2.57. The van der Waals surface area contributed by atoms with Crippen LogP contribution in [0.4, 0.5) is 4.39 Å². The average molecular weight is 462 g/mol. The molecule has 0 spiro atoms. The number of nitrogens with one attached hydrogen (secondary N) is 1. The lowest BCUT2D eigenvalue weighted by Crippen LogP contribution is -2.41. The summed E-state index contributed by atoms with van der Waals surface area (Å²) in [7, 11) is 2.27. The van der Waals surface area contributed by atoms with Crippen LogP contribution in [-0.4, -0.2) is 36.6 Å². The van der Waals surface area contributed by atoms with Crippen LogP contribution in [0.2, 0.25) is 0 Å². The maximum absolute atomic E-state index is 14.3. The number of nitriles is 1. The van der Waals surface area contributed by atoms with E-state index in [2.05, 4.69) is 62.2 Å². The van der Waals surface area contributed by atoms with Gasteiger partial charge in [-0.25, -0.2) is 4.39 Å². The maximum Gasteiger partial charge on any atom is 0.141 e. The van der Waals surface area contributed by atoms with E-state index in [0.29, 0.717) is 24.0 Å². The predicted molar refractivity (Wildman–Crippen MR) is 141 cm³/mol. The number of hydrogen-bond donors (Lipinski definition) is 1. The quantitative estimate of drug-likeness (QED) is 0.477. The summed E-state index contributed by atoms with van der Waals surface area (Å²) in [5.74, 6) is 0.144. The van der Waals surface area contributed by atoms with Gasteiger partial charge in [-0.1, -0.05) is 52.0 Å². The fourth-order valence-corrected chi connectivity index (χ4v) is 5.38. The first-order valence-corrected chi connectivity index (χ1v) is 12.7. The normalized spacial score (nSPS) is 21.6. The number of likely N-dealkylation sites (N-methyl/N-ethyl adjacent to an activating group) is 2. The van der Waals surface area contributed by atoms with Gasteiger partial charge in [-0.3, -0.25) is 4.90 Å². The van der Waals surface area contributed by atoms with Crippen molar-refractivity contribution in [1.29, 1.82) is 5.26 Å². The number of terminal acetylenes is 1. The van der Waals surface area contributed by atoms with Crippen LogP contribution in [0.15, 0.2) is 36.4 Å². The third-order valence-electron chi connectivity index (χ3n) is 7.01. The average Bonchev–Trinajstić information content (AvgIpc) is 3.67. The molecule has 2 aromatic carbocycles. The predicted octanol–water partition coefficient (Wildman–Crippen LogP) is 6.52. The van der Waals surface area contributed by atoms with Crippen molar-refractivity contribution >= 4 is 0 Å². The van der Waals surface area contributed by atoms with E-state index in [0.717, 1.165) is 30.5 Å². The van der Waals surface area contributed by atoms with Crippen molar-refractivity contribution < 1.29 is 4.39 Å². The second-order valence-corrected chi connectivity index (χ2v) is 8.86. The van der Waals surface area contributed by atoms with Crippen LogP contribution in [0.1, 0.15) is 76.0 Å². The second kappa shape index (κ2) is 13.3. The first-order valence-electron chi connectivity index (χ1n) is 12.7. The molecule has 4 rings (SSSR count). The summed E-state index contributed by atoms with van der Waals surface area (Å²) in [6, 6.07) is 15.1. The molecule has 0 amide bonds. The van der Waals surface area contributed by atoms with Crippen LogP contribution in [0, 0.1) is 30.0 Å². The standard InChI is InChI=1S/C26H32FN3.C2H6.C2H2/c1-4-25-24(29-5-2)15-21(30(25)3)13-19-7-6-8-22(26(19)17-9-10-17)18-11-12-20(16-28)23(27)14-18;2*1-2/h6-8,11-12,14,17,21,24-25,29H,4-5,9-10,13,15H2,1-3H3;1-2H3;1-2H/t21?,24-,25?;;/m1../s1. The lowest BCUT2D eigenvalue weighted by molar-refractivity contribution is 0.223. The van der Waals surface area contributed by atoms with Crippen molar-refractivity contribution in [3.63, 3.8) is 0 Å². The number of benzene rings is 2. The smallest absolute Gasteiger partial charge is 0.141 e. The van der Waals surface area contributed by atoms with Gasteiger partial charge in [-0.15, -0.1) is 12.8 Å². The fraction of sp³-hybridized carbons (Fsp3) is 0.500. The molecule has 1 N–H and O–H groups in total. The van der Waals surface area contributed by atoms with Crippen molar-refractivity contribution in [3.8, 4) is 30.0 Å². The first kappa shape index (κ1) is 27.6. The van der Waals surface area contributed by atoms with Gasteiger partial charge in [0, 0.05) is 18.1 Å². The molecule has 3 nitrogen and oxygen atoms in total. The zero-order valence-electron chi connectivity index (χ0n) is 21.4. The topological polar surface area (TPSA) is 39.1 Å². The second-order valence-electron chi connectivity index (χ2n) is 8.86. The molecule has 2 aromatic rings. The number of nitrogens with zero attached hydrogens (tertiary/aromatic N) is 2. The molecule has 0 bridgehead atoms. The maximum atomic E-state index is 14.3. The Hall–Kier alpha value is -2.66. The Balaban J connectivity index is 0.000000970. The Bertz CT molecular complexity index is 986. The van der Waals surface area contributed by atoms with Gasteiger partial charge in [0.05, 0.1) is 5.56 Å². The zero-order valence-corrected chi connectivity index (χ0v) is 21.4. The molecule has 1 heterocycles. The Morgan fingerprint density at radius 2 is 1.85 bits per heavy atom. The number of rotatable bonds is 7. The lowest BCUT2D eigenvalue weighted by Gasteiger charge is -2.27. The van der Waals surface area contributed by atoms with Crippen molar-refractivity contribution in [3.05, 3.63) is 58.9 Å². The van der Waals surface area contributed by atoms with Gasteiger partial charge < -0.3 is 5.32 Å². The molecule has 34 heavy (non-hydrogen) atoms. The molecule has 1 aliphatic carbocycles. The monoisotopic (exact) mass is 461 g/mol. The minimum absolute atomic E-state index is 0.107. The lowest BCUT2D eigenvalue weighted by atomic mass is 9.88. The van der Waals surface area contributed by atoms with Crippen LogP contribution < -0.4 is 5.32 Å². The van der Waals surface area contributed by atoms with Gasteiger partial charge in [0.1, 0.15) is 11.9 Å². The van der Waals surface area contributed by atoms with E-state index >= 15 is 0 Å². The third kappa shape index (κ3) is 6.06. The van der Waals surface area contributed by atoms with E-state index < -0.39 is 5.82 Å². The molecule has 0 radical (unpaired) electrons. The minimum atomic E-state index is -0.433. The Morgan fingerprint density at radius 1 is 1.15 bits per heavy atom. The zero-order chi connectivity index (χ0) is 25.3. The van der Waals surface area contributed by atoms with Crippen LogP contribution in [0.5, 0.6) is 0 Å². The SMILES string of the molecule is C#C.CC.CCN[C@@H]1CC(Cc2cccc(-c3ccc(C#N)c(F)c3)c2C2CC2)N(C)C1CC. The Morgan fingerprint density at radius 3 is 2.41 bits per heavy atom. The number of halogens is 1. The molecular formula is C30H40FN3. The molecule has 3 atom stereocenters. The van der Waals surface area contributed by atoms with Crippen LogP contribution >= 0.6 is 0 Å². The molecule has 2 unspecified atom stereocenters. The molecule has 4 heteroatoms. The van der Waals surface area contributed by atoms with E-state index in [1.165, 1.54) is 36.5 Å². The van der Waals surface area contributed by atoms with Gasteiger partial charge in [-0.2, -0.15) is 5.26 Å². The van der Waals surface area contributed by atoms with E-state index in [4.69, 9.17) is 5.26 Å². The summed E-state index contributed by atoms with van der Waals surface area (Å²) in [6.07, 6.45) is 13.8. The molecule has 182 valence electrons. The van der Waals surface area contributed by atoms with Gasteiger partial charge in [-0.05, 0) is 86.0 Å². The summed E-state index contributed by atoms with van der Waals surface area (Å²) in [5, 5.41) is 12.7. The summed E-state index contributed by atoms with van der Waals surface area (Å²) >= 11 is 0. The van der Waals surface area contributed by atoms with Crippen molar-refractivity contribution in [1.82, 2.24) is 10.2 Å². The molecule has 1 aliphatic heterocycles. The van der Waals surface area contributed by atoms with Gasteiger partial charge in [0.2, 0.25) is 0 Å². The van der Waals surface area contributed by atoms with E-state index in [1.807, 2.05) is 26.0 Å². The van der Waals surface area contributed by atoms with Crippen molar-refractivity contribution in [2.45, 2.75) is 83.8 Å². The highest BCUT2D eigenvalue weighted by Gasteiger charge is 2.38. The number of likely N-dealkylation sites (tertiary alicyclic amines) is 1. The Labute approximate surface area is 206 Å². The molecular weight excluding hydrogens is 421 g/mol. The molecule has 1 saturated carbocycles. The summed E-state index contributed by atoms with van der Waals surface area (Å²) in [5.41, 5.74) is 4.93. The highest BCUT2D eigenvalue weighted by Crippen LogP contribution is 2.47. The van der Waals surface area contributed by atoms with E-state index in [9.17, 15) is 4.39 Å². The van der Waals surface area contributed by atoms with Gasteiger partial charge in [0.15, 0.2) is 0 Å². The van der Waals surface area contributed by atoms with E-state index in [1.54, 1.807) is 6.07 Å². The highest BCUT2D eigenvalue weighted by atomic mass is 19.1. The van der Waals surface area contributed by atoms with Gasteiger partial charge >= 0.3 is 0 Å². The first-order chi connectivity index (χ1) is 16.6. The summed E-state index contributed by atoms with van der Waals surface area (Å²) < 4.78 is 14.3. The van der Waals surface area contributed by atoms with Gasteiger partial charge in [0.25, 0.3) is 0 Å². The van der Waals surface area contributed by atoms with Crippen LogP contribution in [0.3, 0.4) is 0 Å². The van der Waals surface area contributed by atoms with E-state index in [-0.39, 0.29) is 5.56 Å². The molecule has 1 saturated heterocycles. The fourth-order valence-electron chi connectivity index (χ4n) is 5.38. The van der Waals surface area contributed by atoms with Crippen molar-refractivity contribution in [2.75, 3.05) is 13.6 Å². The molecule has 0 aromatic heterocycles.